The number of halogens is 1. The van der Waals surface area contributed by atoms with Crippen LogP contribution in [0, 0.1) is 0 Å². The Hall–Kier alpha value is -1.90. The van der Waals surface area contributed by atoms with Gasteiger partial charge in [0.2, 0.25) is 0 Å². The van der Waals surface area contributed by atoms with E-state index in [2.05, 4.69) is 11.1 Å². The molecule has 0 aliphatic rings. The fourth-order valence-electron chi connectivity index (χ4n) is 2.31. The molecular formula is C17H15ClN2. The molecule has 0 amide bonds. The Morgan fingerprint density at radius 3 is 2.65 bits per heavy atom. The third-order valence-corrected chi connectivity index (χ3v) is 3.81. The second-order valence-corrected chi connectivity index (χ2v) is 5.27. The minimum absolute atomic E-state index is 0.105. The van der Waals surface area contributed by atoms with Crippen molar-refractivity contribution in [2.45, 2.75) is 12.5 Å². The first-order chi connectivity index (χ1) is 9.74. The molecule has 1 atom stereocenters. The van der Waals surface area contributed by atoms with Crippen LogP contribution in [-0.4, -0.2) is 4.98 Å². The van der Waals surface area contributed by atoms with Gasteiger partial charge in [-0.05, 0) is 35.7 Å². The quantitative estimate of drug-likeness (QED) is 0.784. The fourth-order valence-corrected chi connectivity index (χ4v) is 2.52. The predicted octanol–water partition coefficient (Wildman–Crippen LogP) is 4.13. The lowest BCUT2D eigenvalue weighted by Gasteiger charge is -2.13. The smallest absolute Gasteiger partial charge is 0.0702 e. The van der Waals surface area contributed by atoms with Gasteiger partial charge >= 0.3 is 0 Å². The molecule has 0 saturated heterocycles. The maximum absolute atomic E-state index is 6.29. The molecule has 0 aliphatic carbocycles. The number of aromatic nitrogens is 1. The molecule has 2 nitrogen and oxygen atoms in total. The lowest BCUT2D eigenvalue weighted by molar-refractivity contribution is 0.720. The van der Waals surface area contributed by atoms with Crippen LogP contribution < -0.4 is 5.73 Å². The Morgan fingerprint density at radius 1 is 1.05 bits per heavy atom. The normalized spacial score (nSPS) is 12.5. The van der Waals surface area contributed by atoms with Gasteiger partial charge in [-0.15, -0.1) is 0 Å². The molecule has 2 N–H and O–H groups in total. The number of rotatable bonds is 3. The van der Waals surface area contributed by atoms with Gasteiger partial charge in [0.05, 0.1) is 5.52 Å². The van der Waals surface area contributed by atoms with Crippen LogP contribution in [-0.2, 0) is 6.42 Å². The van der Waals surface area contributed by atoms with E-state index in [9.17, 15) is 0 Å². The Morgan fingerprint density at radius 2 is 1.80 bits per heavy atom. The van der Waals surface area contributed by atoms with E-state index in [0.717, 1.165) is 27.1 Å². The van der Waals surface area contributed by atoms with E-state index < -0.39 is 0 Å². The number of fused-ring (bicyclic) bond motifs is 1. The van der Waals surface area contributed by atoms with Crippen LogP contribution in [0.25, 0.3) is 10.9 Å². The van der Waals surface area contributed by atoms with Crippen LogP contribution in [0.4, 0.5) is 0 Å². The highest BCUT2D eigenvalue weighted by Crippen LogP contribution is 2.23. The predicted molar refractivity (Wildman–Crippen MR) is 83.8 cm³/mol. The molecule has 1 unspecified atom stereocenters. The molecule has 0 radical (unpaired) electrons. The molecule has 0 spiro atoms. The van der Waals surface area contributed by atoms with Gasteiger partial charge in [-0.3, -0.25) is 4.98 Å². The number of nitrogens with two attached hydrogens (primary N) is 1. The summed E-state index contributed by atoms with van der Waals surface area (Å²) in [5.74, 6) is 0. The third-order valence-electron chi connectivity index (χ3n) is 3.44. The molecule has 3 rings (SSSR count). The number of pyridine rings is 1. The van der Waals surface area contributed by atoms with Gasteiger partial charge in [0.1, 0.15) is 0 Å². The lowest BCUT2D eigenvalue weighted by Crippen LogP contribution is -2.13. The van der Waals surface area contributed by atoms with Crippen molar-refractivity contribution in [2.75, 3.05) is 0 Å². The summed E-state index contributed by atoms with van der Waals surface area (Å²) in [4.78, 5) is 4.45. The highest BCUT2D eigenvalue weighted by Gasteiger charge is 2.10. The Labute approximate surface area is 123 Å². The fraction of sp³-hybridized carbons (Fsp3) is 0.118. The topological polar surface area (TPSA) is 38.9 Å². The zero-order valence-corrected chi connectivity index (χ0v) is 11.7. The van der Waals surface area contributed by atoms with Crippen molar-refractivity contribution in [1.29, 1.82) is 0 Å². The number of hydrogen-bond acceptors (Lipinski definition) is 2. The summed E-state index contributed by atoms with van der Waals surface area (Å²) in [7, 11) is 0. The maximum atomic E-state index is 6.29. The molecule has 0 fully saturated rings. The van der Waals surface area contributed by atoms with E-state index in [-0.39, 0.29) is 6.04 Å². The van der Waals surface area contributed by atoms with Gasteiger partial charge in [-0.2, -0.15) is 0 Å². The van der Waals surface area contributed by atoms with E-state index >= 15 is 0 Å². The second kappa shape index (κ2) is 5.61. The molecule has 1 heterocycles. The molecule has 3 heteroatoms. The average molecular weight is 283 g/mol. The van der Waals surface area contributed by atoms with Crippen LogP contribution in [0.1, 0.15) is 17.2 Å². The van der Waals surface area contributed by atoms with E-state index in [4.69, 9.17) is 17.3 Å². The highest BCUT2D eigenvalue weighted by molar-refractivity contribution is 6.31. The van der Waals surface area contributed by atoms with Crippen molar-refractivity contribution in [3.63, 3.8) is 0 Å². The largest absolute Gasteiger partial charge is 0.324 e. The third kappa shape index (κ3) is 2.67. The number of para-hydroxylation sites is 1. The number of nitrogens with zero attached hydrogens (tertiary/aromatic N) is 1. The Bertz CT molecular complexity index is 740. The molecule has 0 bridgehead atoms. The Balaban J connectivity index is 1.89. The van der Waals surface area contributed by atoms with Crippen LogP contribution in [0.5, 0.6) is 0 Å². The monoisotopic (exact) mass is 282 g/mol. The van der Waals surface area contributed by atoms with Crippen molar-refractivity contribution in [3.05, 3.63) is 76.9 Å². The van der Waals surface area contributed by atoms with Gasteiger partial charge in [-0.25, -0.2) is 0 Å². The first-order valence-electron chi connectivity index (χ1n) is 6.58. The molecular weight excluding hydrogens is 268 g/mol. The molecule has 0 aliphatic heterocycles. The summed E-state index contributed by atoms with van der Waals surface area (Å²) < 4.78 is 0. The van der Waals surface area contributed by atoms with Crippen molar-refractivity contribution < 1.29 is 0 Å². The van der Waals surface area contributed by atoms with Gasteiger partial charge in [-0.1, -0.05) is 48.0 Å². The zero-order chi connectivity index (χ0) is 13.9. The van der Waals surface area contributed by atoms with Gasteiger partial charge in [0.25, 0.3) is 0 Å². The minimum atomic E-state index is -0.105. The summed E-state index contributed by atoms with van der Waals surface area (Å²) in [5, 5.41) is 1.87. The number of hydrogen-bond donors (Lipinski definition) is 1. The highest BCUT2D eigenvalue weighted by atomic mass is 35.5. The lowest BCUT2D eigenvalue weighted by atomic mass is 10.00. The second-order valence-electron chi connectivity index (χ2n) is 4.86. The van der Waals surface area contributed by atoms with E-state index in [1.165, 1.54) is 0 Å². The van der Waals surface area contributed by atoms with Crippen LogP contribution >= 0.6 is 11.6 Å². The van der Waals surface area contributed by atoms with Crippen molar-refractivity contribution in [2.24, 2.45) is 5.73 Å². The van der Waals surface area contributed by atoms with Crippen molar-refractivity contribution in [3.8, 4) is 0 Å². The minimum Gasteiger partial charge on any atom is -0.324 e. The molecule has 3 aromatic rings. The maximum Gasteiger partial charge on any atom is 0.0702 e. The molecule has 100 valence electrons. The summed E-state index contributed by atoms with van der Waals surface area (Å²) in [6.45, 7) is 0. The van der Waals surface area contributed by atoms with E-state index in [1.54, 1.807) is 0 Å². The SMILES string of the molecule is NC(Cc1ccccc1Cl)c1cnc2ccccc2c1. The summed E-state index contributed by atoms with van der Waals surface area (Å²) in [6.07, 6.45) is 2.56. The van der Waals surface area contributed by atoms with Crippen LogP contribution in [0.3, 0.4) is 0 Å². The van der Waals surface area contributed by atoms with E-state index in [1.807, 2.05) is 54.7 Å². The average Bonchev–Trinajstić information content (AvgIpc) is 2.49. The molecule has 1 aromatic heterocycles. The van der Waals surface area contributed by atoms with Crippen LogP contribution in [0.15, 0.2) is 60.8 Å². The molecule has 0 saturated carbocycles. The standard InChI is InChI=1S/C17H15ClN2/c18-15-7-3-1-5-12(15)10-16(19)14-9-13-6-2-4-8-17(13)20-11-14/h1-9,11,16H,10,19H2. The summed E-state index contributed by atoms with van der Waals surface area (Å²) in [6, 6.07) is 17.8. The first-order valence-corrected chi connectivity index (χ1v) is 6.95. The van der Waals surface area contributed by atoms with Gasteiger partial charge in [0.15, 0.2) is 0 Å². The summed E-state index contributed by atoms with van der Waals surface area (Å²) in [5.41, 5.74) is 9.37. The first kappa shape index (κ1) is 13.1. The zero-order valence-electron chi connectivity index (χ0n) is 11.0. The van der Waals surface area contributed by atoms with Crippen LogP contribution in [0.2, 0.25) is 5.02 Å². The Kier molecular flexibility index (Phi) is 3.68. The van der Waals surface area contributed by atoms with Crippen molar-refractivity contribution in [1.82, 2.24) is 4.98 Å². The molecule has 2 aromatic carbocycles. The summed E-state index contributed by atoms with van der Waals surface area (Å²) >= 11 is 6.18. The molecule has 20 heavy (non-hydrogen) atoms. The van der Waals surface area contributed by atoms with Crippen molar-refractivity contribution >= 4 is 22.5 Å². The van der Waals surface area contributed by atoms with Gasteiger partial charge < -0.3 is 5.73 Å². The number of benzene rings is 2. The van der Waals surface area contributed by atoms with Gasteiger partial charge in [0, 0.05) is 22.6 Å². The van der Waals surface area contributed by atoms with E-state index in [0.29, 0.717) is 6.42 Å².